The van der Waals surface area contributed by atoms with Crippen LogP contribution in [0.25, 0.3) is 0 Å². The molecule has 29 heavy (non-hydrogen) atoms. The van der Waals surface area contributed by atoms with Gasteiger partial charge >= 0.3 is 0 Å². The second-order valence-electron chi connectivity index (χ2n) is 6.43. The molecule has 152 valence electrons. The number of methoxy groups -OCH3 is 1. The molecule has 2 aliphatic rings. The maximum Gasteiger partial charge on any atom is 0.269 e. The summed E-state index contributed by atoms with van der Waals surface area (Å²) in [6.07, 6.45) is 3.32. The first kappa shape index (κ1) is 19.8. The van der Waals surface area contributed by atoms with Crippen molar-refractivity contribution in [3.63, 3.8) is 0 Å². The Kier molecular flexibility index (Phi) is 5.81. The molecule has 1 fully saturated rings. The molecule has 1 N–H and O–H groups in total. The number of carbonyl (C=O) groups is 1. The molecule has 2 aromatic rings. The minimum atomic E-state index is -0.0116. The summed E-state index contributed by atoms with van der Waals surface area (Å²) in [7, 11) is 1.66. The number of aromatic amines is 1. The van der Waals surface area contributed by atoms with Crippen LogP contribution < -0.4 is 9.64 Å². The van der Waals surface area contributed by atoms with Crippen LogP contribution in [0.5, 0.6) is 5.75 Å². The van der Waals surface area contributed by atoms with E-state index in [1.807, 2.05) is 18.2 Å². The molecule has 1 amide bonds. The van der Waals surface area contributed by atoms with Crippen LogP contribution in [0.4, 0.5) is 11.6 Å². The zero-order valence-electron chi connectivity index (χ0n) is 16.5. The van der Waals surface area contributed by atoms with E-state index in [1.54, 1.807) is 23.8 Å². The lowest BCUT2D eigenvalue weighted by Crippen LogP contribution is -2.30. The Labute approximate surface area is 177 Å². The first-order valence-electron chi connectivity index (χ1n) is 9.47. The molecule has 8 nitrogen and oxygen atoms in total. The molecular formula is C19H22N6O2S2. The van der Waals surface area contributed by atoms with Gasteiger partial charge in [-0.2, -0.15) is 15.1 Å². The van der Waals surface area contributed by atoms with Crippen molar-refractivity contribution < 1.29 is 9.53 Å². The number of carbonyl (C=O) groups excluding carboxylic acids is 1. The zero-order chi connectivity index (χ0) is 20.4. The van der Waals surface area contributed by atoms with Gasteiger partial charge in [0.15, 0.2) is 5.17 Å². The predicted octanol–water partition coefficient (Wildman–Crippen LogP) is 3.98. The largest absolute Gasteiger partial charge is 0.497 e. The van der Waals surface area contributed by atoms with Crippen LogP contribution in [0.3, 0.4) is 0 Å². The third-order valence-electron chi connectivity index (χ3n) is 4.62. The molecule has 2 aliphatic heterocycles. The molecule has 0 saturated carbocycles. The number of ether oxygens (including phenoxy) is 1. The highest BCUT2D eigenvalue weighted by Crippen LogP contribution is 2.51. The normalized spacial score (nSPS) is 20.1. The number of H-pyrrole nitrogens is 1. The number of anilines is 1. The number of nitrogens with zero attached hydrogens (tertiary/aromatic N) is 5. The van der Waals surface area contributed by atoms with E-state index in [1.165, 1.54) is 18.1 Å². The topological polar surface area (TPSA) is 86.7 Å². The lowest BCUT2D eigenvalue weighted by molar-refractivity contribution is -0.122. The molecule has 3 heterocycles. The van der Waals surface area contributed by atoms with Crippen molar-refractivity contribution in [2.24, 2.45) is 4.99 Å². The molecular weight excluding hydrogens is 408 g/mol. The van der Waals surface area contributed by atoms with Crippen LogP contribution in [-0.4, -0.2) is 51.4 Å². The van der Waals surface area contributed by atoms with E-state index in [0.29, 0.717) is 22.6 Å². The number of amidine groups is 1. The Bertz CT molecular complexity index is 973. The van der Waals surface area contributed by atoms with E-state index in [9.17, 15) is 4.79 Å². The van der Waals surface area contributed by atoms with E-state index in [-0.39, 0.29) is 5.91 Å². The Balaban J connectivity index is 1.73. The molecule has 0 aliphatic carbocycles. The van der Waals surface area contributed by atoms with Crippen molar-refractivity contribution in [2.45, 2.75) is 31.6 Å². The highest BCUT2D eigenvalue weighted by atomic mass is 32.2. The number of rotatable bonds is 6. The fraction of sp³-hybridized carbons (Fsp3) is 0.368. The number of aliphatic imine (C=N–C) groups is 1. The van der Waals surface area contributed by atoms with Crippen LogP contribution in [0.1, 0.15) is 26.7 Å². The number of nitrogens with one attached hydrogen (secondary N) is 1. The number of thioether (sulfide) groups is 2. The van der Waals surface area contributed by atoms with Gasteiger partial charge in [-0.15, -0.1) is 0 Å². The fourth-order valence-corrected chi connectivity index (χ4v) is 5.53. The van der Waals surface area contributed by atoms with Crippen molar-refractivity contribution in [1.29, 1.82) is 0 Å². The SMILES string of the molecule is CCCCN1C(=O)C(=C2Sc3ccc(OC)cc3N2CC)SC1=Nc1ncn[nH]1. The average molecular weight is 431 g/mol. The second kappa shape index (κ2) is 8.50. The second-order valence-corrected chi connectivity index (χ2v) is 8.44. The van der Waals surface area contributed by atoms with Crippen LogP contribution >= 0.6 is 23.5 Å². The van der Waals surface area contributed by atoms with Crippen LogP contribution in [0.15, 0.2) is 44.3 Å². The Hall–Kier alpha value is -2.46. The molecule has 0 spiro atoms. The molecule has 0 unspecified atom stereocenters. The van der Waals surface area contributed by atoms with E-state index in [2.05, 4.69) is 38.9 Å². The van der Waals surface area contributed by atoms with Crippen molar-refractivity contribution >= 4 is 46.2 Å². The summed E-state index contributed by atoms with van der Waals surface area (Å²) in [5, 5.41) is 8.16. The standard InChI is InChI=1S/C19H22N6O2S2/c1-4-6-9-25-16(26)15(29-19(25)22-18-20-11-21-23-18)17-24(5-2)13-10-12(27-3)7-8-14(13)28-17/h7-8,10-11H,4-6,9H2,1-3H3,(H,20,21,23). The van der Waals surface area contributed by atoms with Gasteiger partial charge in [0.2, 0.25) is 5.95 Å². The highest BCUT2D eigenvalue weighted by Gasteiger charge is 2.39. The molecule has 4 rings (SSSR count). The van der Waals surface area contributed by atoms with E-state index >= 15 is 0 Å². The van der Waals surface area contributed by atoms with Gasteiger partial charge in [-0.25, -0.2) is 5.10 Å². The lowest BCUT2D eigenvalue weighted by atomic mass is 10.2. The lowest BCUT2D eigenvalue weighted by Gasteiger charge is -2.19. The first-order valence-corrected chi connectivity index (χ1v) is 11.1. The molecule has 1 aromatic carbocycles. The molecule has 0 atom stereocenters. The summed E-state index contributed by atoms with van der Waals surface area (Å²) < 4.78 is 5.38. The van der Waals surface area contributed by atoms with Crippen molar-refractivity contribution in [2.75, 3.05) is 25.1 Å². The number of unbranched alkanes of at least 4 members (excludes halogenated alkanes) is 1. The van der Waals surface area contributed by atoms with Crippen molar-refractivity contribution in [3.8, 4) is 5.75 Å². The van der Waals surface area contributed by atoms with Gasteiger partial charge in [-0.05, 0) is 37.2 Å². The van der Waals surface area contributed by atoms with Crippen LogP contribution in [0.2, 0.25) is 0 Å². The van der Waals surface area contributed by atoms with Crippen molar-refractivity contribution in [3.05, 3.63) is 34.5 Å². The highest BCUT2D eigenvalue weighted by molar-refractivity contribution is 8.19. The Morgan fingerprint density at radius 3 is 2.79 bits per heavy atom. The quantitative estimate of drug-likeness (QED) is 0.694. The minimum absolute atomic E-state index is 0.0116. The summed E-state index contributed by atoms with van der Waals surface area (Å²) in [5.41, 5.74) is 1.06. The monoisotopic (exact) mass is 430 g/mol. The number of amides is 1. The van der Waals surface area contributed by atoms with Crippen LogP contribution in [-0.2, 0) is 4.79 Å². The average Bonchev–Trinajstić information content (AvgIpc) is 3.44. The number of hydrogen-bond acceptors (Lipinski definition) is 8. The Morgan fingerprint density at radius 1 is 1.24 bits per heavy atom. The maximum absolute atomic E-state index is 13.3. The van der Waals surface area contributed by atoms with E-state index < -0.39 is 0 Å². The summed E-state index contributed by atoms with van der Waals surface area (Å²) >= 11 is 3.01. The van der Waals surface area contributed by atoms with Gasteiger partial charge in [-0.1, -0.05) is 25.1 Å². The smallest absolute Gasteiger partial charge is 0.269 e. The van der Waals surface area contributed by atoms with Gasteiger partial charge in [-0.3, -0.25) is 9.69 Å². The Morgan fingerprint density at radius 2 is 2.10 bits per heavy atom. The number of fused-ring (bicyclic) bond motifs is 1. The number of hydrogen-bond donors (Lipinski definition) is 1. The molecule has 0 radical (unpaired) electrons. The molecule has 0 bridgehead atoms. The molecule has 10 heteroatoms. The maximum atomic E-state index is 13.3. The van der Waals surface area contributed by atoms with Gasteiger partial charge in [0.05, 0.1) is 12.8 Å². The van der Waals surface area contributed by atoms with Crippen molar-refractivity contribution in [1.82, 2.24) is 20.1 Å². The van der Waals surface area contributed by atoms with E-state index in [4.69, 9.17) is 4.74 Å². The summed E-state index contributed by atoms with van der Waals surface area (Å²) in [6, 6.07) is 6.00. The van der Waals surface area contributed by atoms with E-state index in [0.717, 1.165) is 40.7 Å². The summed E-state index contributed by atoms with van der Waals surface area (Å²) in [5.74, 6) is 1.19. The fourth-order valence-electron chi connectivity index (χ4n) is 3.15. The molecule has 1 aromatic heterocycles. The first-order chi connectivity index (χ1) is 14.2. The molecule has 1 saturated heterocycles. The van der Waals surface area contributed by atoms with Gasteiger partial charge in [0.1, 0.15) is 22.0 Å². The predicted molar refractivity (Wildman–Crippen MR) is 117 cm³/mol. The van der Waals surface area contributed by atoms with Gasteiger partial charge in [0, 0.05) is 24.1 Å². The minimum Gasteiger partial charge on any atom is -0.497 e. The third kappa shape index (κ3) is 3.74. The third-order valence-corrected chi connectivity index (χ3v) is 7.00. The number of benzene rings is 1. The summed E-state index contributed by atoms with van der Waals surface area (Å²) in [6.45, 7) is 5.57. The van der Waals surface area contributed by atoms with Gasteiger partial charge in [0.25, 0.3) is 5.91 Å². The van der Waals surface area contributed by atoms with Gasteiger partial charge < -0.3 is 9.64 Å². The zero-order valence-corrected chi connectivity index (χ0v) is 18.1. The number of aromatic nitrogens is 3. The van der Waals surface area contributed by atoms with Crippen LogP contribution in [0, 0.1) is 0 Å². The summed E-state index contributed by atoms with van der Waals surface area (Å²) in [4.78, 5) is 27.7.